The molecule has 0 bridgehead atoms. The Hall–Kier alpha value is -1.91. The SMILES string of the molecule is CC(C)NC(C#N)c1ccc(F)c(C#N)c1. The molecular weight excluding hydrogens is 205 g/mol. The van der Waals surface area contributed by atoms with Gasteiger partial charge in [0.15, 0.2) is 0 Å². The average molecular weight is 217 g/mol. The molecule has 82 valence electrons. The minimum Gasteiger partial charge on any atom is -0.296 e. The molecule has 0 fully saturated rings. The summed E-state index contributed by atoms with van der Waals surface area (Å²) in [5.41, 5.74) is 0.567. The van der Waals surface area contributed by atoms with Crippen LogP contribution < -0.4 is 5.32 Å². The van der Waals surface area contributed by atoms with Crippen molar-refractivity contribution >= 4 is 0 Å². The fourth-order valence-corrected chi connectivity index (χ4v) is 1.35. The molecular formula is C12H12FN3. The van der Waals surface area contributed by atoms with Crippen molar-refractivity contribution in [3.05, 3.63) is 35.1 Å². The highest BCUT2D eigenvalue weighted by Gasteiger charge is 2.13. The Kier molecular flexibility index (Phi) is 3.99. The third-order valence-corrected chi connectivity index (χ3v) is 2.07. The van der Waals surface area contributed by atoms with Crippen molar-refractivity contribution < 1.29 is 4.39 Å². The van der Waals surface area contributed by atoms with Crippen LogP contribution in [0.1, 0.15) is 31.0 Å². The van der Waals surface area contributed by atoms with Gasteiger partial charge in [-0.15, -0.1) is 0 Å². The van der Waals surface area contributed by atoms with E-state index in [1.165, 1.54) is 18.2 Å². The Morgan fingerprint density at radius 3 is 2.50 bits per heavy atom. The minimum atomic E-state index is -0.563. The summed E-state index contributed by atoms with van der Waals surface area (Å²) in [6.45, 7) is 3.83. The fraction of sp³-hybridized carbons (Fsp3) is 0.333. The first-order valence-corrected chi connectivity index (χ1v) is 4.93. The van der Waals surface area contributed by atoms with Gasteiger partial charge in [-0.2, -0.15) is 10.5 Å². The van der Waals surface area contributed by atoms with Crippen molar-refractivity contribution in [2.24, 2.45) is 0 Å². The highest BCUT2D eigenvalue weighted by atomic mass is 19.1. The molecule has 1 rings (SSSR count). The molecule has 0 amide bonds. The summed E-state index contributed by atoms with van der Waals surface area (Å²) in [6, 6.07) is 7.57. The van der Waals surface area contributed by atoms with Gasteiger partial charge in [-0.25, -0.2) is 4.39 Å². The maximum absolute atomic E-state index is 13.1. The van der Waals surface area contributed by atoms with Crippen molar-refractivity contribution in [2.45, 2.75) is 25.9 Å². The molecule has 0 radical (unpaired) electrons. The number of nitrogens with zero attached hydrogens (tertiary/aromatic N) is 2. The van der Waals surface area contributed by atoms with Crippen LogP contribution in [0.2, 0.25) is 0 Å². The molecule has 4 heteroatoms. The van der Waals surface area contributed by atoms with E-state index in [4.69, 9.17) is 10.5 Å². The van der Waals surface area contributed by atoms with E-state index < -0.39 is 11.9 Å². The Balaban J connectivity index is 3.04. The molecule has 0 spiro atoms. The quantitative estimate of drug-likeness (QED) is 0.844. The maximum atomic E-state index is 13.1. The van der Waals surface area contributed by atoms with Crippen LogP contribution in [0.3, 0.4) is 0 Å². The maximum Gasteiger partial charge on any atom is 0.140 e. The summed E-state index contributed by atoms with van der Waals surface area (Å²) < 4.78 is 13.1. The summed E-state index contributed by atoms with van der Waals surface area (Å²) in [6.07, 6.45) is 0. The van der Waals surface area contributed by atoms with E-state index in [2.05, 4.69) is 11.4 Å². The van der Waals surface area contributed by atoms with E-state index in [9.17, 15) is 4.39 Å². The molecule has 0 saturated carbocycles. The van der Waals surface area contributed by atoms with Crippen LogP contribution in [-0.4, -0.2) is 6.04 Å². The van der Waals surface area contributed by atoms with Crippen molar-refractivity contribution in [3.63, 3.8) is 0 Å². The third kappa shape index (κ3) is 2.79. The van der Waals surface area contributed by atoms with Crippen molar-refractivity contribution in [2.75, 3.05) is 0 Å². The van der Waals surface area contributed by atoms with Crippen molar-refractivity contribution in [3.8, 4) is 12.1 Å². The highest BCUT2D eigenvalue weighted by molar-refractivity contribution is 5.37. The van der Waals surface area contributed by atoms with Crippen LogP contribution >= 0.6 is 0 Å². The Morgan fingerprint density at radius 1 is 1.31 bits per heavy atom. The fourth-order valence-electron chi connectivity index (χ4n) is 1.35. The standard InChI is InChI=1S/C12H12FN3/c1-8(2)16-12(7-15)9-3-4-11(13)10(5-9)6-14/h3-5,8,12,16H,1-2H3. The van der Waals surface area contributed by atoms with Gasteiger partial charge in [0.05, 0.1) is 11.6 Å². The second kappa shape index (κ2) is 5.25. The second-order valence-electron chi connectivity index (χ2n) is 3.73. The first kappa shape index (κ1) is 12.2. The molecule has 3 nitrogen and oxygen atoms in total. The van der Waals surface area contributed by atoms with Crippen LogP contribution in [-0.2, 0) is 0 Å². The van der Waals surface area contributed by atoms with Gasteiger partial charge in [0.25, 0.3) is 0 Å². The molecule has 0 aromatic heterocycles. The van der Waals surface area contributed by atoms with Gasteiger partial charge in [-0.05, 0) is 31.5 Å². The first-order valence-electron chi connectivity index (χ1n) is 4.93. The lowest BCUT2D eigenvalue weighted by atomic mass is 10.0. The lowest BCUT2D eigenvalue weighted by Crippen LogP contribution is -2.27. The minimum absolute atomic E-state index is 0.0386. The van der Waals surface area contributed by atoms with Crippen LogP contribution in [0.4, 0.5) is 4.39 Å². The normalized spacial score (nSPS) is 11.9. The number of benzene rings is 1. The Morgan fingerprint density at radius 2 is 2.00 bits per heavy atom. The number of hydrogen-bond acceptors (Lipinski definition) is 3. The monoisotopic (exact) mass is 217 g/mol. The highest BCUT2D eigenvalue weighted by Crippen LogP contribution is 2.16. The number of nitriles is 2. The molecule has 0 aliphatic carbocycles. The molecule has 1 aromatic rings. The largest absolute Gasteiger partial charge is 0.296 e. The lowest BCUT2D eigenvalue weighted by molar-refractivity contribution is 0.544. The zero-order chi connectivity index (χ0) is 12.1. The average Bonchev–Trinajstić information content (AvgIpc) is 2.26. The zero-order valence-corrected chi connectivity index (χ0v) is 9.16. The van der Waals surface area contributed by atoms with Crippen LogP contribution in [0.15, 0.2) is 18.2 Å². The number of halogens is 1. The number of nitrogens with one attached hydrogen (secondary N) is 1. The number of rotatable bonds is 3. The van der Waals surface area contributed by atoms with Gasteiger partial charge >= 0.3 is 0 Å². The van der Waals surface area contributed by atoms with Crippen LogP contribution in [0.25, 0.3) is 0 Å². The van der Waals surface area contributed by atoms with Gasteiger partial charge in [0, 0.05) is 6.04 Å². The molecule has 1 aromatic carbocycles. The summed E-state index contributed by atoms with van der Waals surface area (Å²) in [5, 5.41) is 20.7. The van der Waals surface area contributed by atoms with Crippen molar-refractivity contribution in [1.82, 2.24) is 5.32 Å². The van der Waals surface area contributed by atoms with E-state index in [0.717, 1.165) is 0 Å². The Bertz CT molecular complexity index is 454. The summed E-state index contributed by atoms with van der Waals surface area (Å²) in [5.74, 6) is -0.563. The lowest BCUT2D eigenvalue weighted by Gasteiger charge is -2.14. The van der Waals surface area contributed by atoms with E-state index in [1.54, 1.807) is 6.07 Å². The summed E-state index contributed by atoms with van der Waals surface area (Å²) in [7, 11) is 0. The van der Waals surface area contributed by atoms with E-state index in [0.29, 0.717) is 5.56 Å². The van der Waals surface area contributed by atoms with Crippen LogP contribution in [0, 0.1) is 28.5 Å². The van der Waals surface area contributed by atoms with E-state index >= 15 is 0 Å². The molecule has 1 N–H and O–H groups in total. The molecule has 0 aliphatic heterocycles. The predicted octanol–water partition coefficient (Wildman–Crippen LogP) is 2.26. The molecule has 1 unspecified atom stereocenters. The number of hydrogen-bond donors (Lipinski definition) is 1. The van der Waals surface area contributed by atoms with E-state index in [-0.39, 0.29) is 11.6 Å². The second-order valence-corrected chi connectivity index (χ2v) is 3.73. The molecule has 0 saturated heterocycles. The predicted molar refractivity (Wildman–Crippen MR) is 57.7 cm³/mol. The molecule has 0 aliphatic rings. The first-order chi connectivity index (χ1) is 7.58. The smallest absolute Gasteiger partial charge is 0.140 e. The van der Waals surface area contributed by atoms with Gasteiger partial charge < -0.3 is 0 Å². The van der Waals surface area contributed by atoms with Crippen molar-refractivity contribution in [1.29, 1.82) is 10.5 Å². The van der Waals surface area contributed by atoms with Gasteiger partial charge in [0.1, 0.15) is 17.9 Å². The molecule has 0 heterocycles. The molecule has 16 heavy (non-hydrogen) atoms. The van der Waals surface area contributed by atoms with Gasteiger partial charge in [-0.1, -0.05) is 6.07 Å². The molecule has 1 atom stereocenters. The topological polar surface area (TPSA) is 59.6 Å². The van der Waals surface area contributed by atoms with Crippen LogP contribution in [0.5, 0.6) is 0 Å². The Labute approximate surface area is 94.1 Å². The zero-order valence-electron chi connectivity index (χ0n) is 9.16. The summed E-state index contributed by atoms with van der Waals surface area (Å²) >= 11 is 0. The third-order valence-electron chi connectivity index (χ3n) is 2.07. The van der Waals surface area contributed by atoms with E-state index in [1.807, 2.05) is 13.8 Å². The van der Waals surface area contributed by atoms with Gasteiger partial charge in [0.2, 0.25) is 0 Å². The summed E-state index contributed by atoms with van der Waals surface area (Å²) in [4.78, 5) is 0. The van der Waals surface area contributed by atoms with Gasteiger partial charge in [-0.3, -0.25) is 5.32 Å².